The number of rotatable bonds is 8. The Balaban J connectivity index is 1.50. The summed E-state index contributed by atoms with van der Waals surface area (Å²) in [5, 5.41) is 0. The minimum atomic E-state index is -3.82. The van der Waals surface area contributed by atoms with Gasteiger partial charge in [-0.05, 0) is 67.4 Å². The number of ether oxygens (including phenoxy) is 1. The fourth-order valence-electron chi connectivity index (χ4n) is 3.38. The second-order valence-corrected chi connectivity index (χ2v) is 9.30. The second-order valence-electron chi connectivity index (χ2n) is 7.61. The molecule has 0 saturated heterocycles. The molecular formula is C24H23FN2O4S. The molecule has 0 aliphatic heterocycles. The molecule has 3 aromatic rings. The van der Waals surface area contributed by atoms with Crippen LogP contribution < -0.4 is 9.46 Å². The molecule has 0 bridgehead atoms. The van der Waals surface area contributed by atoms with E-state index in [2.05, 4.69) is 4.72 Å². The molecule has 1 saturated carbocycles. The molecule has 0 aromatic heterocycles. The Kier molecular flexibility index (Phi) is 6.14. The van der Waals surface area contributed by atoms with Crippen molar-refractivity contribution in [2.75, 3.05) is 11.8 Å². The minimum absolute atomic E-state index is 0.0388. The number of hydrogen-bond acceptors (Lipinski definition) is 4. The van der Waals surface area contributed by atoms with Gasteiger partial charge in [0.05, 0.1) is 12.0 Å². The van der Waals surface area contributed by atoms with Crippen LogP contribution in [-0.2, 0) is 16.6 Å². The summed E-state index contributed by atoms with van der Waals surface area (Å²) in [4.78, 5) is 14.8. The Labute approximate surface area is 186 Å². The lowest BCUT2D eigenvalue weighted by Crippen LogP contribution is -2.33. The Hall–Kier alpha value is -3.39. The molecule has 6 nitrogen and oxygen atoms in total. The van der Waals surface area contributed by atoms with E-state index in [1.807, 2.05) is 0 Å². The third-order valence-corrected chi connectivity index (χ3v) is 6.70. The Morgan fingerprint density at radius 1 is 1.03 bits per heavy atom. The van der Waals surface area contributed by atoms with Gasteiger partial charge < -0.3 is 9.64 Å². The highest BCUT2D eigenvalue weighted by Crippen LogP contribution is 2.30. The first-order valence-corrected chi connectivity index (χ1v) is 11.7. The molecule has 4 rings (SSSR count). The van der Waals surface area contributed by atoms with Crippen LogP contribution >= 0.6 is 0 Å². The maximum absolute atomic E-state index is 14.1. The standard InChI is InChI=1S/C24H23FN2O4S/c1-31-21-12-8-19(9-13-21)26-32(29,30)22-14-6-17(7-15-22)24(28)27(20-10-11-20)16-18-4-2-3-5-23(18)25/h2-9,12-15,20,26H,10-11,16H2,1H3. The van der Waals surface area contributed by atoms with Gasteiger partial charge in [0.15, 0.2) is 0 Å². The summed E-state index contributed by atoms with van der Waals surface area (Å²) >= 11 is 0. The van der Waals surface area contributed by atoms with Gasteiger partial charge >= 0.3 is 0 Å². The van der Waals surface area contributed by atoms with Gasteiger partial charge in [0.1, 0.15) is 11.6 Å². The maximum atomic E-state index is 14.1. The SMILES string of the molecule is COc1ccc(NS(=O)(=O)c2ccc(C(=O)N(Cc3ccccc3F)C3CC3)cc2)cc1. The van der Waals surface area contributed by atoms with Crippen LogP contribution in [0.25, 0.3) is 0 Å². The number of carbonyl (C=O) groups is 1. The highest BCUT2D eigenvalue weighted by molar-refractivity contribution is 7.92. The van der Waals surface area contributed by atoms with E-state index in [4.69, 9.17) is 4.74 Å². The third kappa shape index (κ3) is 4.91. The van der Waals surface area contributed by atoms with E-state index < -0.39 is 10.0 Å². The van der Waals surface area contributed by atoms with Crippen LogP contribution in [0, 0.1) is 5.82 Å². The number of carbonyl (C=O) groups excluding carboxylic acids is 1. The van der Waals surface area contributed by atoms with E-state index in [-0.39, 0.29) is 29.2 Å². The smallest absolute Gasteiger partial charge is 0.261 e. The zero-order valence-corrected chi connectivity index (χ0v) is 18.3. The average Bonchev–Trinajstić information content (AvgIpc) is 3.64. The second kappa shape index (κ2) is 9.00. The van der Waals surface area contributed by atoms with Gasteiger partial charge in [-0.15, -0.1) is 0 Å². The third-order valence-electron chi connectivity index (χ3n) is 5.30. The summed E-state index contributed by atoms with van der Waals surface area (Å²) in [5.41, 5.74) is 1.21. The first-order chi connectivity index (χ1) is 15.4. The van der Waals surface area contributed by atoms with Gasteiger partial charge in [-0.25, -0.2) is 12.8 Å². The molecule has 1 aliphatic rings. The van der Waals surface area contributed by atoms with E-state index in [0.717, 1.165) is 12.8 Å². The van der Waals surface area contributed by atoms with Crippen molar-refractivity contribution in [3.8, 4) is 5.75 Å². The average molecular weight is 455 g/mol. The number of nitrogens with one attached hydrogen (secondary N) is 1. The molecule has 0 heterocycles. The van der Waals surface area contributed by atoms with Crippen molar-refractivity contribution in [3.05, 3.63) is 89.7 Å². The zero-order chi connectivity index (χ0) is 22.7. The van der Waals surface area contributed by atoms with Gasteiger partial charge in [0.25, 0.3) is 15.9 Å². The number of amides is 1. The van der Waals surface area contributed by atoms with Crippen LogP contribution in [0.2, 0.25) is 0 Å². The predicted octanol–water partition coefficient (Wildman–Crippen LogP) is 4.44. The summed E-state index contributed by atoms with van der Waals surface area (Å²) in [7, 11) is -2.29. The molecule has 0 unspecified atom stereocenters. The quantitative estimate of drug-likeness (QED) is 0.546. The summed E-state index contributed by atoms with van der Waals surface area (Å²) in [6.07, 6.45) is 1.75. The molecule has 3 aromatic carbocycles. The number of methoxy groups -OCH3 is 1. The molecule has 32 heavy (non-hydrogen) atoms. The largest absolute Gasteiger partial charge is 0.497 e. The number of benzene rings is 3. The van der Waals surface area contributed by atoms with Crippen LogP contribution in [0.5, 0.6) is 5.75 Å². The Bertz CT molecular complexity index is 1210. The molecule has 0 spiro atoms. The van der Waals surface area contributed by atoms with Crippen molar-refractivity contribution in [1.29, 1.82) is 0 Å². The number of hydrogen-bond donors (Lipinski definition) is 1. The van der Waals surface area contributed by atoms with E-state index >= 15 is 0 Å². The summed E-state index contributed by atoms with van der Waals surface area (Å²) in [6.45, 7) is 0.176. The maximum Gasteiger partial charge on any atom is 0.261 e. The van der Waals surface area contributed by atoms with E-state index in [9.17, 15) is 17.6 Å². The number of anilines is 1. The molecule has 0 radical (unpaired) electrons. The topological polar surface area (TPSA) is 75.7 Å². The summed E-state index contributed by atoms with van der Waals surface area (Å²) in [5.74, 6) is 0.0197. The number of halogens is 1. The van der Waals surface area contributed by atoms with Crippen molar-refractivity contribution in [1.82, 2.24) is 4.90 Å². The van der Waals surface area contributed by atoms with Crippen molar-refractivity contribution >= 4 is 21.6 Å². The van der Waals surface area contributed by atoms with Crippen LogP contribution in [-0.4, -0.2) is 32.4 Å². The highest BCUT2D eigenvalue weighted by atomic mass is 32.2. The summed E-state index contributed by atoms with van der Waals surface area (Å²) in [6, 6.07) is 18.7. The van der Waals surface area contributed by atoms with E-state index in [0.29, 0.717) is 22.6 Å². The Morgan fingerprint density at radius 3 is 2.28 bits per heavy atom. The van der Waals surface area contributed by atoms with Gasteiger partial charge in [0, 0.05) is 29.4 Å². The van der Waals surface area contributed by atoms with Crippen molar-refractivity contribution in [2.45, 2.75) is 30.3 Å². The molecule has 1 aliphatic carbocycles. The molecule has 166 valence electrons. The first kappa shape index (κ1) is 21.8. The summed E-state index contributed by atoms with van der Waals surface area (Å²) < 4.78 is 47.0. The monoisotopic (exact) mass is 454 g/mol. The van der Waals surface area contributed by atoms with E-state index in [1.54, 1.807) is 47.4 Å². The van der Waals surface area contributed by atoms with Gasteiger partial charge in [0.2, 0.25) is 0 Å². The normalized spacial score (nSPS) is 13.4. The van der Waals surface area contributed by atoms with Crippen LogP contribution in [0.4, 0.5) is 10.1 Å². The van der Waals surface area contributed by atoms with Gasteiger partial charge in [-0.3, -0.25) is 9.52 Å². The molecule has 1 fully saturated rings. The van der Waals surface area contributed by atoms with Crippen LogP contribution in [0.15, 0.2) is 77.7 Å². The molecule has 0 atom stereocenters. The molecule has 1 amide bonds. The lowest BCUT2D eigenvalue weighted by atomic mass is 10.1. The highest BCUT2D eigenvalue weighted by Gasteiger charge is 2.33. The zero-order valence-electron chi connectivity index (χ0n) is 17.5. The van der Waals surface area contributed by atoms with Crippen molar-refractivity contribution < 1.29 is 22.3 Å². The fourth-order valence-corrected chi connectivity index (χ4v) is 4.44. The fraction of sp³-hybridized carbons (Fsp3) is 0.208. The molecule has 1 N–H and O–H groups in total. The van der Waals surface area contributed by atoms with Gasteiger partial charge in [-0.1, -0.05) is 18.2 Å². The van der Waals surface area contributed by atoms with Crippen LogP contribution in [0.1, 0.15) is 28.8 Å². The molecule has 8 heteroatoms. The first-order valence-electron chi connectivity index (χ1n) is 10.2. The lowest BCUT2D eigenvalue weighted by Gasteiger charge is -2.23. The van der Waals surface area contributed by atoms with Crippen molar-refractivity contribution in [3.63, 3.8) is 0 Å². The minimum Gasteiger partial charge on any atom is -0.497 e. The number of nitrogens with zero attached hydrogens (tertiary/aromatic N) is 1. The van der Waals surface area contributed by atoms with Gasteiger partial charge in [-0.2, -0.15) is 0 Å². The van der Waals surface area contributed by atoms with E-state index in [1.165, 1.54) is 37.4 Å². The lowest BCUT2D eigenvalue weighted by molar-refractivity contribution is 0.0728. The molecular weight excluding hydrogens is 431 g/mol. The Morgan fingerprint density at radius 2 is 1.69 bits per heavy atom. The van der Waals surface area contributed by atoms with Crippen LogP contribution in [0.3, 0.4) is 0 Å². The number of sulfonamides is 1. The predicted molar refractivity (Wildman–Crippen MR) is 120 cm³/mol. The van der Waals surface area contributed by atoms with Crippen molar-refractivity contribution in [2.24, 2.45) is 0 Å².